The molecule has 0 unspecified atom stereocenters. The second-order valence-electron chi connectivity index (χ2n) is 8.80. The van der Waals surface area contributed by atoms with Crippen LogP contribution < -0.4 is 9.64 Å². The molecule has 0 aliphatic carbocycles. The molecule has 2 aromatic rings. The van der Waals surface area contributed by atoms with E-state index in [9.17, 15) is 9.59 Å². The van der Waals surface area contributed by atoms with Gasteiger partial charge in [0.2, 0.25) is 5.91 Å². The van der Waals surface area contributed by atoms with Crippen LogP contribution in [0.2, 0.25) is 0 Å². The molecule has 0 bridgehead atoms. The number of methoxy groups -OCH3 is 1. The first kappa shape index (κ1) is 21.9. The lowest BCUT2D eigenvalue weighted by molar-refractivity contribution is -0.169. The molecule has 33 heavy (non-hydrogen) atoms. The van der Waals surface area contributed by atoms with Gasteiger partial charge in [-0.25, -0.2) is 0 Å². The second kappa shape index (κ2) is 8.79. The monoisotopic (exact) mass is 454 g/mol. The molecule has 3 aliphatic heterocycles. The van der Waals surface area contributed by atoms with Crippen LogP contribution in [-0.2, 0) is 14.3 Å². The quantitative estimate of drug-likeness (QED) is 0.700. The number of aromatic nitrogens is 1. The molecule has 3 saturated heterocycles. The van der Waals surface area contributed by atoms with Crippen molar-refractivity contribution in [3.05, 3.63) is 30.0 Å². The standard InChI is InChI=1S/C24H30N4O5/c1-17(29)26-9-11-28(12-10-26)23(30)20-16-25-21-4-3-18(31-2)15-19(21)22(20)27-7-5-24(6-8-27)32-13-14-33-24/h3-4,15-16H,5-14H2,1-2H3. The minimum absolute atomic E-state index is 0.0425. The highest BCUT2D eigenvalue weighted by Crippen LogP contribution is 2.38. The summed E-state index contributed by atoms with van der Waals surface area (Å²) in [5.74, 6) is 0.214. The van der Waals surface area contributed by atoms with Gasteiger partial charge in [-0.2, -0.15) is 0 Å². The Balaban J connectivity index is 1.49. The van der Waals surface area contributed by atoms with Crippen molar-refractivity contribution in [3.63, 3.8) is 0 Å². The lowest BCUT2D eigenvalue weighted by Gasteiger charge is -2.40. The molecule has 1 aromatic heterocycles. The fourth-order valence-electron chi connectivity index (χ4n) is 5.03. The maximum atomic E-state index is 13.7. The van der Waals surface area contributed by atoms with Crippen molar-refractivity contribution in [1.82, 2.24) is 14.8 Å². The summed E-state index contributed by atoms with van der Waals surface area (Å²) in [4.78, 5) is 35.8. The molecule has 0 saturated carbocycles. The van der Waals surface area contributed by atoms with Gasteiger partial charge < -0.3 is 28.9 Å². The summed E-state index contributed by atoms with van der Waals surface area (Å²) in [5, 5.41) is 0.895. The van der Waals surface area contributed by atoms with Gasteiger partial charge in [0.1, 0.15) is 5.75 Å². The summed E-state index contributed by atoms with van der Waals surface area (Å²) in [6, 6.07) is 5.76. The molecule has 1 aromatic carbocycles. The lowest BCUT2D eigenvalue weighted by Crippen LogP contribution is -2.50. The summed E-state index contributed by atoms with van der Waals surface area (Å²) in [7, 11) is 1.64. The Kier molecular flexibility index (Phi) is 5.84. The van der Waals surface area contributed by atoms with Crippen LogP contribution in [0.25, 0.3) is 10.9 Å². The van der Waals surface area contributed by atoms with Crippen molar-refractivity contribution >= 4 is 28.4 Å². The average Bonchev–Trinajstić information content (AvgIpc) is 3.31. The van der Waals surface area contributed by atoms with Gasteiger partial charge in [0, 0.05) is 70.6 Å². The zero-order valence-corrected chi connectivity index (χ0v) is 19.2. The molecule has 0 N–H and O–H groups in total. The molecule has 0 atom stereocenters. The van der Waals surface area contributed by atoms with Crippen molar-refractivity contribution in [1.29, 1.82) is 0 Å². The summed E-state index contributed by atoms with van der Waals surface area (Å²) >= 11 is 0. The molecule has 9 nitrogen and oxygen atoms in total. The maximum absolute atomic E-state index is 13.7. The number of hydrogen-bond donors (Lipinski definition) is 0. The number of carbonyl (C=O) groups is 2. The number of amides is 2. The number of hydrogen-bond acceptors (Lipinski definition) is 7. The van der Waals surface area contributed by atoms with Crippen LogP contribution in [0.1, 0.15) is 30.1 Å². The number of piperidine rings is 1. The van der Waals surface area contributed by atoms with E-state index in [2.05, 4.69) is 9.88 Å². The normalized spacial score (nSPS) is 20.5. The zero-order chi connectivity index (χ0) is 23.0. The molecule has 3 fully saturated rings. The Labute approximate surface area is 193 Å². The number of carbonyl (C=O) groups excluding carboxylic acids is 2. The van der Waals surface area contributed by atoms with Crippen molar-refractivity contribution in [2.45, 2.75) is 25.6 Å². The molecule has 3 aliphatic rings. The molecule has 1 spiro atoms. The van der Waals surface area contributed by atoms with Gasteiger partial charge in [-0.15, -0.1) is 0 Å². The minimum Gasteiger partial charge on any atom is -0.497 e. The van der Waals surface area contributed by atoms with E-state index < -0.39 is 5.79 Å². The van der Waals surface area contributed by atoms with Crippen LogP contribution in [0.15, 0.2) is 24.4 Å². The van der Waals surface area contributed by atoms with E-state index in [1.54, 1.807) is 25.1 Å². The Morgan fingerprint density at radius 3 is 2.30 bits per heavy atom. The number of anilines is 1. The van der Waals surface area contributed by atoms with Crippen molar-refractivity contribution in [2.75, 3.05) is 64.5 Å². The Morgan fingerprint density at radius 2 is 1.67 bits per heavy atom. The fourth-order valence-corrected chi connectivity index (χ4v) is 5.03. The first-order valence-electron chi connectivity index (χ1n) is 11.5. The Morgan fingerprint density at radius 1 is 1.00 bits per heavy atom. The van der Waals surface area contributed by atoms with Crippen LogP contribution in [-0.4, -0.2) is 92.0 Å². The predicted molar refractivity (Wildman–Crippen MR) is 123 cm³/mol. The van der Waals surface area contributed by atoms with Crippen molar-refractivity contribution < 1.29 is 23.8 Å². The number of pyridine rings is 1. The molecule has 4 heterocycles. The van der Waals surface area contributed by atoms with E-state index in [1.807, 2.05) is 23.1 Å². The highest BCUT2D eigenvalue weighted by atomic mass is 16.7. The third-order valence-corrected chi connectivity index (χ3v) is 6.94. The van der Waals surface area contributed by atoms with Crippen LogP contribution in [0, 0.1) is 0 Å². The van der Waals surface area contributed by atoms with Crippen LogP contribution in [0.5, 0.6) is 5.75 Å². The predicted octanol–water partition coefficient (Wildman–Crippen LogP) is 1.89. The van der Waals surface area contributed by atoms with Crippen molar-refractivity contribution in [3.8, 4) is 5.75 Å². The largest absolute Gasteiger partial charge is 0.497 e. The zero-order valence-electron chi connectivity index (χ0n) is 19.2. The average molecular weight is 455 g/mol. The van der Waals surface area contributed by atoms with Gasteiger partial charge in [-0.05, 0) is 18.2 Å². The maximum Gasteiger partial charge on any atom is 0.257 e. The van der Waals surface area contributed by atoms with Crippen molar-refractivity contribution in [2.24, 2.45) is 0 Å². The van der Waals surface area contributed by atoms with Gasteiger partial charge in [0.05, 0.1) is 37.1 Å². The number of rotatable bonds is 3. The van der Waals surface area contributed by atoms with Gasteiger partial charge >= 0.3 is 0 Å². The minimum atomic E-state index is -0.496. The van der Waals surface area contributed by atoms with E-state index >= 15 is 0 Å². The number of piperazine rings is 1. The van der Waals surface area contributed by atoms with E-state index in [0.717, 1.165) is 35.2 Å². The lowest BCUT2D eigenvalue weighted by atomic mass is 9.99. The van der Waals surface area contributed by atoms with Gasteiger partial charge in [0.15, 0.2) is 5.79 Å². The number of ether oxygens (including phenoxy) is 3. The molecule has 0 radical (unpaired) electrons. The summed E-state index contributed by atoms with van der Waals surface area (Å²) in [6.07, 6.45) is 3.17. The van der Waals surface area contributed by atoms with Gasteiger partial charge in [-0.3, -0.25) is 14.6 Å². The summed E-state index contributed by atoms with van der Waals surface area (Å²) in [6.45, 7) is 6.38. The van der Waals surface area contributed by atoms with E-state index in [1.165, 1.54) is 0 Å². The van der Waals surface area contributed by atoms with Gasteiger partial charge in [0.25, 0.3) is 5.91 Å². The third kappa shape index (κ3) is 4.11. The topological polar surface area (TPSA) is 84.4 Å². The molecular formula is C24H30N4O5. The van der Waals surface area contributed by atoms with Gasteiger partial charge in [-0.1, -0.05) is 0 Å². The highest BCUT2D eigenvalue weighted by molar-refractivity contribution is 6.07. The molecule has 176 valence electrons. The molecule has 2 amide bonds. The Bertz CT molecular complexity index is 1050. The Hall–Kier alpha value is -2.91. The first-order valence-corrected chi connectivity index (χ1v) is 11.5. The van der Waals surface area contributed by atoms with Crippen LogP contribution in [0.3, 0.4) is 0 Å². The third-order valence-electron chi connectivity index (χ3n) is 6.94. The van der Waals surface area contributed by atoms with Crippen LogP contribution in [0.4, 0.5) is 5.69 Å². The van der Waals surface area contributed by atoms with Crippen LogP contribution >= 0.6 is 0 Å². The second-order valence-corrected chi connectivity index (χ2v) is 8.80. The smallest absolute Gasteiger partial charge is 0.257 e. The fraction of sp³-hybridized carbons (Fsp3) is 0.542. The van der Waals surface area contributed by atoms with E-state index in [4.69, 9.17) is 14.2 Å². The summed E-state index contributed by atoms with van der Waals surface area (Å²) < 4.78 is 17.3. The summed E-state index contributed by atoms with van der Waals surface area (Å²) in [5.41, 5.74) is 2.28. The molecule has 9 heteroatoms. The number of benzene rings is 1. The highest BCUT2D eigenvalue weighted by Gasteiger charge is 2.41. The molecular weight excluding hydrogens is 424 g/mol. The SMILES string of the molecule is COc1ccc2ncc(C(=O)N3CCN(C(C)=O)CC3)c(N3CCC4(CC3)OCCO4)c2c1. The van der Waals surface area contributed by atoms with E-state index in [0.29, 0.717) is 58.0 Å². The number of nitrogens with zero attached hydrogens (tertiary/aromatic N) is 4. The first-order chi connectivity index (χ1) is 16.0. The van der Waals surface area contributed by atoms with E-state index in [-0.39, 0.29) is 11.8 Å². The number of fused-ring (bicyclic) bond motifs is 1. The molecule has 5 rings (SSSR count).